The van der Waals surface area contributed by atoms with E-state index in [0.29, 0.717) is 0 Å². The summed E-state index contributed by atoms with van der Waals surface area (Å²) in [6.07, 6.45) is 0. The number of hydrogen-bond acceptors (Lipinski definition) is 4. The smallest absolute Gasteiger partial charge is 0.264 e. The monoisotopic (exact) mass is 270 g/mol. The lowest BCUT2D eigenvalue weighted by Gasteiger charge is -2.04. The summed E-state index contributed by atoms with van der Waals surface area (Å²) in [6.45, 7) is -1.42. The van der Waals surface area contributed by atoms with Gasteiger partial charge in [-0.05, 0) is 0 Å². The first-order chi connectivity index (χ1) is 7.77. The highest BCUT2D eigenvalue weighted by molar-refractivity contribution is 6.31. The van der Waals surface area contributed by atoms with E-state index in [1.165, 1.54) is 0 Å². The molecular formula is C7H2ClF3N2O4. The zero-order chi connectivity index (χ0) is 13.3. The molecule has 0 radical (unpaired) electrons. The average molecular weight is 271 g/mol. The molecule has 0 N–H and O–H groups in total. The van der Waals surface area contributed by atoms with E-state index in [9.17, 15) is 33.4 Å². The number of nitro groups is 2. The third-order valence-electron chi connectivity index (χ3n) is 1.81. The van der Waals surface area contributed by atoms with Gasteiger partial charge in [-0.3, -0.25) is 20.2 Å². The molecule has 0 aromatic heterocycles. The molecular weight excluding hydrogens is 269 g/mol. The van der Waals surface area contributed by atoms with Crippen LogP contribution in [-0.4, -0.2) is 9.85 Å². The molecule has 0 bridgehead atoms. The summed E-state index contributed by atoms with van der Waals surface area (Å²) in [4.78, 5) is 18.0. The van der Waals surface area contributed by atoms with Crippen LogP contribution in [-0.2, 0) is 6.54 Å². The highest BCUT2D eigenvalue weighted by atomic mass is 35.5. The first-order valence-electron chi connectivity index (χ1n) is 3.88. The molecule has 0 aliphatic rings. The van der Waals surface area contributed by atoms with Gasteiger partial charge >= 0.3 is 5.69 Å². The third kappa shape index (κ3) is 2.28. The van der Waals surface area contributed by atoms with Gasteiger partial charge in [0.25, 0.3) is 0 Å². The Labute approximate surface area is 95.9 Å². The van der Waals surface area contributed by atoms with E-state index in [-0.39, 0.29) is 0 Å². The molecule has 92 valence electrons. The molecule has 0 spiro atoms. The maximum atomic E-state index is 13.2. The average Bonchev–Trinajstić information content (AvgIpc) is 2.22. The van der Waals surface area contributed by atoms with E-state index >= 15 is 0 Å². The molecule has 0 heterocycles. The summed E-state index contributed by atoms with van der Waals surface area (Å²) in [5, 5.41) is 19.2. The number of halogens is 4. The first kappa shape index (κ1) is 13.2. The number of rotatable bonds is 3. The fourth-order valence-corrected chi connectivity index (χ4v) is 1.30. The van der Waals surface area contributed by atoms with E-state index in [4.69, 9.17) is 11.6 Å². The Kier molecular flexibility index (Phi) is 3.51. The number of nitro benzene ring substituents is 1. The molecule has 0 unspecified atom stereocenters. The van der Waals surface area contributed by atoms with Crippen LogP contribution in [0.25, 0.3) is 0 Å². The van der Waals surface area contributed by atoms with Gasteiger partial charge in [-0.2, -0.15) is 4.39 Å². The van der Waals surface area contributed by atoms with Gasteiger partial charge in [-0.25, -0.2) is 8.78 Å². The Hall–Kier alpha value is -1.90. The van der Waals surface area contributed by atoms with E-state index in [1.54, 1.807) is 0 Å². The zero-order valence-corrected chi connectivity index (χ0v) is 8.50. The van der Waals surface area contributed by atoms with Crippen molar-refractivity contribution >= 4 is 17.3 Å². The van der Waals surface area contributed by atoms with Crippen LogP contribution in [0.3, 0.4) is 0 Å². The fraction of sp³-hybridized carbons (Fsp3) is 0.143. The normalized spacial score (nSPS) is 10.4. The maximum absolute atomic E-state index is 13.2. The Bertz CT molecular complexity index is 523. The van der Waals surface area contributed by atoms with Gasteiger partial charge in [-0.1, -0.05) is 11.6 Å². The Morgan fingerprint density at radius 1 is 1.06 bits per heavy atom. The van der Waals surface area contributed by atoms with Gasteiger partial charge in [0, 0.05) is 4.92 Å². The van der Waals surface area contributed by atoms with E-state index in [2.05, 4.69) is 0 Å². The summed E-state index contributed by atoms with van der Waals surface area (Å²) < 4.78 is 39.3. The second-order valence-electron chi connectivity index (χ2n) is 2.83. The second kappa shape index (κ2) is 4.53. The molecule has 0 aliphatic carbocycles. The molecule has 1 rings (SSSR count). The maximum Gasteiger partial charge on any atom is 0.319 e. The lowest BCUT2D eigenvalue weighted by Crippen LogP contribution is -2.10. The van der Waals surface area contributed by atoms with Crippen molar-refractivity contribution in [2.24, 2.45) is 0 Å². The molecule has 0 atom stereocenters. The minimum atomic E-state index is -1.90. The molecule has 17 heavy (non-hydrogen) atoms. The van der Waals surface area contributed by atoms with Crippen LogP contribution in [0.5, 0.6) is 0 Å². The standard InChI is InChI=1S/C7H2ClF3N2O4/c8-3-5(10)4(9)2(1-12(14)15)7(6(3)11)13(16)17/h1H2. The van der Waals surface area contributed by atoms with Gasteiger partial charge in [-0.15, -0.1) is 0 Å². The lowest BCUT2D eigenvalue weighted by atomic mass is 10.1. The van der Waals surface area contributed by atoms with E-state index in [1.807, 2.05) is 0 Å². The Morgan fingerprint density at radius 2 is 1.59 bits per heavy atom. The summed E-state index contributed by atoms with van der Waals surface area (Å²) >= 11 is 4.98. The van der Waals surface area contributed by atoms with Crippen LogP contribution >= 0.6 is 11.6 Å². The van der Waals surface area contributed by atoms with Gasteiger partial charge < -0.3 is 0 Å². The number of benzene rings is 1. The molecule has 10 heteroatoms. The molecule has 1 aromatic rings. The van der Waals surface area contributed by atoms with Crippen molar-refractivity contribution in [2.75, 3.05) is 0 Å². The third-order valence-corrected chi connectivity index (χ3v) is 2.14. The van der Waals surface area contributed by atoms with Gasteiger partial charge in [0.15, 0.2) is 11.6 Å². The summed E-state index contributed by atoms with van der Waals surface area (Å²) in [7, 11) is 0. The quantitative estimate of drug-likeness (QED) is 0.365. The van der Waals surface area contributed by atoms with Gasteiger partial charge in [0.05, 0.1) is 4.92 Å². The molecule has 6 nitrogen and oxygen atoms in total. The van der Waals surface area contributed by atoms with Crippen LogP contribution in [0.1, 0.15) is 5.56 Å². The Morgan fingerprint density at radius 3 is 2.00 bits per heavy atom. The van der Waals surface area contributed by atoms with Crippen LogP contribution in [0, 0.1) is 37.7 Å². The lowest BCUT2D eigenvalue weighted by molar-refractivity contribution is -0.499. The highest BCUT2D eigenvalue weighted by Crippen LogP contribution is 2.34. The van der Waals surface area contributed by atoms with Crippen molar-refractivity contribution in [1.82, 2.24) is 0 Å². The van der Waals surface area contributed by atoms with Crippen molar-refractivity contribution in [1.29, 1.82) is 0 Å². The zero-order valence-electron chi connectivity index (χ0n) is 7.75. The van der Waals surface area contributed by atoms with E-state index < -0.39 is 50.1 Å². The molecule has 0 fully saturated rings. The van der Waals surface area contributed by atoms with Crippen molar-refractivity contribution in [3.05, 3.63) is 48.3 Å². The SMILES string of the molecule is O=[N+]([O-])Cc1c(F)c(F)c(Cl)c(F)c1[N+](=O)[O-]. The number of nitrogens with zero attached hydrogens (tertiary/aromatic N) is 2. The highest BCUT2D eigenvalue weighted by Gasteiger charge is 2.34. The summed E-state index contributed by atoms with van der Waals surface area (Å²) in [6, 6.07) is 0. The van der Waals surface area contributed by atoms with Crippen molar-refractivity contribution in [3.63, 3.8) is 0 Å². The molecule has 0 amide bonds. The van der Waals surface area contributed by atoms with Crippen molar-refractivity contribution in [2.45, 2.75) is 6.54 Å². The molecule has 0 aliphatic heterocycles. The Balaban J connectivity index is 3.65. The fourth-order valence-electron chi connectivity index (χ4n) is 1.13. The van der Waals surface area contributed by atoms with Crippen LogP contribution in [0.4, 0.5) is 18.9 Å². The molecule has 0 saturated heterocycles. The summed E-state index contributed by atoms with van der Waals surface area (Å²) in [5.74, 6) is -5.64. The van der Waals surface area contributed by atoms with Crippen molar-refractivity contribution in [3.8, 4) is 0 Å². The van der Waals surface area contributed by atoms with Crippen LogP contribution in [0.15, 0.2) is 0 Å². The molecule has 0 saturated carbocycles. The van der Waals surface area contributed by atoms with Gasteiger partial charge in [0.2, 0.25) is 12.4 Å². The van der Waals surface area contributed by atoms with Crippen LogP contribution in [0.2, 0.25) is 5.02 Å². The van der Waals surface area contributed by atoms with Crippen molar-refractivity contribution < 1.29 is 23.0 Å². The number of hydrogen-bond donors (Lipinski definition) is 0. The predicted molar refractivity (Wildman–Crippen MR) is 48.7 cm³/mol. The summed E-state index contributed by atoms with van der Waals surface area (Å²) in [5.41, 5.74) is -2.83. The predicted octanol–water partition coefficient (Wildman–Crippen LogP) is 2.44. The van der Waals surface area contributed by atoms with Crippen LogP contribution < -0.4 is 0 Å². The minimum Gasteiger partial charge on any atom is -0.264 e. The largest absolute Gasteiger partial charge is 0.319 e. The van der Waals surface area contributed by atoms with Gasteiger partial charge in [0.1, 0.15) is 10.6 Å². The van der Waals surface area contributed by atoms with E-state index in [0.717, 1.165) is 0 Å². The minimum absolute atomic E-state index is 1.15. The topological polar surface area (TPSA) is 86.3 Å². The molecule has 1 aromatic carbocycles. The first-order valence-corrected chi connectivity index (χ1v) is 4.26. The second-order valence-corrected chi connectivity index (χ2v) is 3.21.